The molecule has 0 N–H and O–H groups in total. The van der Waals surface area contributed by atoms with Crippen LogP contribution < -0.4 is 13.8 Å². The third-order valence-corrected chi connectivity index (χ3v) is 8.80. The van der Waals surface area contributed by atoms with Crippen molar-refractivity contribution >= 4 is 27.5 Å². The molecule has 0 aliphatic carbocycles. The van der Waals surface area contributed by atoms with E-state index in [1.807, 2.05) is 0 Å². The molecule has 2 atom stereocenters. The molecule has 12 heteroatoms. The van der Waals surface area contributed by atoms with E-state index in [9.17, 15) is 23.3 Å². The predicted molar refractivity (Wildman–Crippen MR) is 146 cm³/mol. The van der Waals surface area contributed by atoms with E-state index in [1.54, 1.807) is 40.2 Å². The zero-order valence-electron chi connectivity index (χ0n) is 22.9. The molecular formula is C28H29N5O6S. The summed E-state index contributed by atoms with van der Waals surface area (Å²) in [5, 5.41) is 9.75. The van der Waals surface area contributed by atoms with Gasteiger partial charge in [0.15, 0.2) is 5.54 Å². The minimum atomic E-state index is -4.48. The SMILES string of the molecule is COc1ccc(S(=O)(=O)N2C(=O)C(c3cccnc3OC)(N(C)[C@@H](C)C(=O)N(C)C)c3cc(C#N)ccc32)cc1. The molecule has 0 spiro atoms. The van der Waals surface area contributed by atoms with E-state index in [0.29, 0.717) is 5.75 Å². The van der Waals surface area contributed by atoms with Gasteiger partial charge in [-0.1, -0.05) is 0 Å². The van der Waals surface area contributed by atoms with Gasteiger partial charge in [0.1, 0.15) is 5.75 Å². The maximum absolute atomic E-state index is 14.8. The largest absolute Gasteiger partial charge is 0.497 e. The van der Waals surface area contributed by atoms with Crippen molar-refractivity contribution in [3.8, 4) is 17.7 Å². The molecular weight excluding hydrogens is 534 g/mol. The third-order valence-electron chi connectivity index (χ3n) is 7.09. The summed E-state index contributed by atoms with van der Waals surface area (Å²) in [6.07, 6.45) is 1.47. The Morgan fingerprint density at radius 2 is 1.73 bits per heavy atom. The summed E-state index contributed by atoms with van der Waals surface area (Å²) < 4.78 is 39.7. The summed E-state index contributed by atoms with van der Waals surface area (Å²) in [6.45, 7) is 1.62. The molecule has 1 aromatic heterocycles. The van der Waals surface area contributed by atoms with Crippen molar-refractivity contribution in [1.29, 1.82) is 5.26 Å². The number of nitriles is 1. The number of anilines is 1. The standard InChI is InChI=1S/C28H29N5O6S/c1-18(26(34)31(2)3)32(4)28(22-8-7-15-30-25(22)39-6)23-16-19(17-29)9-14-24(23)33(27(28)35)40(36,37)21-12-10-20(38-5)11-13-21/h7-16,18H,1-6H3/t18-,28?/m0/s1. The average Bonchev–Trinajstić information content (AvgIpc) is 3.23. The van der Waals surface area contributed by atoms with Crippen LogP contribution in [0, 0.1) is 11.3 Å². The fourth-order valence-electron chi connectivity index (χ4n) is 4.99. The molecule has 4 rings (SSSR count). The number of hydrogen-bond donors (Lipinski definition) is 0. The van der Waals surface area contributed by atoms with Crippen LogP contribution in [0.1, 0.15) is 23.6 Å². The van der Waals surface area contributed by atoms with Crippen molar-refractivity contribution in [1.82, 2.24) is 14.8 Å². The van der Waals surface area contributed by atoms with Gasteiger partial charge in [0.25, 0.3) is 15.9 Å². The molecule has 0 saturated carbocycles. The fraction of sp³-hybridized carbons (Fsp3) is 0.286. The van der Waals surface area contributed by atoms with Crippen molar-refractivity contribution in [3.63, 3.8) is 0 Å². The third kappa shape index (κ3) is 4.24. The van der Waals surface area contributed by atoms with Gasteiger partial charge in [-0.05, 0) is 68.6 Å². The zero-order chi connectivity index (χ0) is 29.4. The van der Waals surface area contributed by atoms with Gasteiger partial charge in [0, 0.05) is 31.4 Å². The van der Waals surface area contributed by atoms with Crippen LogP contribution >= 0.6 is 0 Å². The molecule has 0 fully saturated rings. The smallest absolute Gasteiger partial charge is 0.271 e. The molecule has 0 bridgehead atoms. The van der Waals surface area contributed by atoms with Gasteiger partial charge in [-0.2, -0.15) is 5.26 Å². The first-order valence-electron chi connectivity index (χ1n) is 12.2. The van der Waals surface area contributed by atoms with Gasteiger partial charge in [0.05, 0.1) is 42.5 Å². The summed E-state index contributed by atoms with van der Waals surface area (Å²) in [5.74, 6) is -0.701. The van der Waals surface area contributed by atoms with Crippen molar-refractivity contribution < 1.29 is 27.5 Å². The number of methoxy groups -OCH3 is 2. The first-order chi connectivity index (χ1) is 19.0. The van der Waals surface area contributed by atoms with Gasteiger partial charge in [-0.3, -0.25) is 14.5 Å². The molecule has 0 saturated heterocycles. The number of sulfonamides is 1. The van der Waals surface area contributed by atoms with E-state index in [2.05, 4.69) is 11.1 Å². The molecule has 2 heterocycles. The Morgan fingerprint density at radius 1 is 1.05 bits per heavy atom. The molecule has 3 aromatic rings. The van der Waals surface area contributed by atoms with E-state index < -0.39 is 27.5 Å². The van der Waals surface area contributed by atoms with Gasteiger partial charge >= 0.3 is 0 Å². The number of carbonyl (C=O) groups excluding carboxylic acids is 2. The minimum Gasteiger partial charge on any atom is -0.497 e. The Morgan fingerprint density at radius 3 is 2.30 bits per heavy atom. The summed E-state index contributed by atoms with van der Waals surface area (Å²) in [7, 11) is 3.09. The molecule has 1 aliphatic heterocycles. The number of hydrogen-bond acceptors (Lipinski definition) is 9. The number of amides is 2. The topological polar surface area (TPSA) is 133 Å². The highest BCUT2D eigenvalue weighted by atomic mass is 32.2. The second-order valence-corrected chi connectivity index (χ2v) is 11.2. The van der Waals surface area contributed by atoms with E-state index >= 15 is 0 Å². The van der Waals surface area contributed by atoms with Crippen LogP contribution in [0.4, 0.5) is 5.69 Å². The lowest BCUT2D eigenvalue weighted by molar-refractivity contribution is -0.138. The Balaban J connectivity index is 2.10. The summed E-state index contributed by atoms with van der Waals surface area (Å²) in [6, 6.07) is 14.3. The quantitative estimate of drug-likeness (QED) is 0.405. The van der Waals surface area contributed by atoms with Crippen molar-refractivity contribution in [3.05, 3.63) is 77.5 Å². The minimum absolute atomic E-state index is 0.0436. The highest BCUT2D eigenvalue weighted by molar-refractivity contribution is 7.93. The second-order valence-electron chi connectivity index (χ2n) is 9.38. The van der Waals surface area contributed by atoms with Gasteiger partial charge in [-0.25, -0.2) is 17.7 Å². The van der Waals surface area contributed by atoms with Crippen LogP contribution in [0.25, 0.3) is 0 Å². The monoisotopic (exact) mass is 563 g/mol. The number of benzene rings is 2. The van der Waals surface area contributed by atoms with Crippen LogP contribution in [0.15, 0.2) is 65.7 Å². The van der Waals surface area contributed by atoms with Gasteiger partial charge in [0.2, 0.25) is 11.8 Å². The number of likely N-dealkylation sites (N-methyl/N-ethyl adjacent to an activating group) is 2. The number of ether oxygens (including phenoxy) is 2. The predicted octanol–water partition coefficient (Wildman–Crippen LogP) is 2.36. The number of carbonyl (C=O) groups is 2. The summed E-state index contributed by atoms with van der Waals surface area (Å²) in [4.78, 5) is 35.0. The van der Waals surface area contributed by atoms with Crippen LogP contribution in [0.3, 0.4) is 0 Å². The van der Waals surface area contributed by atoms with Crippen molar-refractivity contribution in [2.75, 3.05) is 39.7 Å². The molecule has 0 radical (unpaired) electrons. The number of aromatic nitrogens is 1. The lowest BCUT2D eigenvalue weighted by atomic mass is 9.81. The van der Waals surface area contributed by atoms with Crippen molar-refractivity contribution in [2.45, 2.75) is 23.4 Å². The molecule has 2 aromatic carbocycles. The van der Waals surface area contributed by atoms with E-state index in [4.69, 9.17) is 9.47 Å². The van der Waals surface area contributed by atoms with Crippen LogP contribution in [-0.2, 0) is 25.2 Å². The number of pyridine rings is 1. The molecule has 2 amide bonds. The fourth-order valence-corrected chi connectivity index (χ4v) is 6.44. The number of fused-ring (bicyclic) bond motifs is 1. The Labute approximate surface area is 233 Å². The summed E-state index contributed by atoms with van der Waals surface area (Å²) >= 11 is 0. The Bertz CT molecular complexity index is 1620. The van der Waals surface area contributed by atoms with E-state index in [-0.39, 0.29) is 39.1 Å². The second kappa shape index (κ2) is 10.6. The van der Waals surface area contributed by atoms with Crippen LogP contribution in [0.2, 0.25) is 0 Å². The lowest BCUT2D eigenvalue weighted by Gasteiger charge is -2.41. The molecule has 208 valence electrons. The van der Waals surface area contributed by atoms with Crippen LogP contribution in [-0.4, -0.2) is 76.4 Å². The highest BCUT2D eigenvalue weighted by Gasteiger charge is 2.61. The summed E-state index contributed by atoms with van der Waals surface area (Å²) in [5.41, 5.74) is -1.26. The normalized spacial score (nSPS) is 17.2. The maximum Gasteiger partial charge on any atom is 0.271 e. The van der Waals surface area contributed by atoms with Gasteiger partial charge < -0.3 is 14.4 Å². The lowest BCUT2D eigenvalue weighted by Crippen LogP contribution is -2.59. The Hall–Kier alpha value is -4.47. The van der Waals surface area contributed by atoms with E-state index in [0.717, 1.165) is 4.31 Å². The molecule has 1 aliphatic rings. The van der Waals surface area contributed by atoms with Crippen LogP contribution in [0.5, 0.6) is 11.6 Å². The first kappa shape index (κ1) is 28.5. The van der Waals surface area contributed by atoms with Gasteiger partial charge in [-0.15, -0.1) is 0 Å². The highest BCUT2D eigenvalue weighted by Crippen LogP contribution is 2.52. The molecule has 11 nitrogen and oxygen atoms in total. The molecule has 1 unspecified atom stereocenters. The number of nitrogens with zero attached hydrogens (tertiary/aromatic N) is 5. The zero-order valence-corrected chi connectivity index (χ0v) is 23.8. The first-order valence-corrected chi connectivity index (χ1v) is 13.6. The number of rotatable bonds is 8. The maximum atomic E-state index is 14.8. The molecule has 40 heavy (non-hydrogen) atoms. The Kier molecular flexibility index (Phi) is 7.56. The van der Waals surface area contributed by atoms with E-state index in [1.165, 1.54) is 72.7 Å². The van der Waals surface area contributed by atoms with Crippen molar-refractivity contribution in [2.24, 2.45) is 0 Å². The average molecular weight is 564 g/mol.